The Labute approximate surface area is 105 Å². The lowest BCUT2D eigenvalue weighted by Gasteiger charge is -2.05. The summed E-state index contributed by atoms with van der Waals surface area (Å²) >= 11 is 0. The van der Waals surface area contributed by atoms with E-state index in [9.17, 15) is 9.59 Å². The smallest absolute Gasteiger partial charge is 0.338 e. The molecule has 2 rings (SSSR count). The minimum atomic E-state index is -0.479. The third-order valence-electron chi connectivity index (χ3n) is 2.60. The fourth-order valence-electron chi connectivity index (χ4n) is 1.59. The number of rotatable bonds is 4. The van der Waals surface area contributed by atoms with Crippen molar-refractivity contribution in [3.05, 3.63) is 59.4 Å². The van der Waals surface area contributed by atoms with E-state index in [0.717, 1.165) is 5.56 Å². The average Bonchev–Trinajstić information content (AvgIpc) is 2.90. The van der Waals surface area contributed by atoms with Crippen molar-refractivity contribution < 1.29 is 14.3 Å². The Morgan fingerprint density at radius 3 is 2.61 bits per heavy atom. The number of nitrogens with one attached hydrogen (secondary N) is 1. The van der Waals surface area contributed by atoms with Crippen molar-refractivity contribution in [1.82, 2.24) is 4.98 Å². The first-order valence-electron chi connectivity index (χ1n) is 5.58. The third kappa shape index (κ3) is 2.66. The van der Waals surface area contributed by atoms with Gasteiger partial charge in [-0.15, -0.1) is 0 Å². The molecule has 92 valence electrons. The number of hydrogen-bond donors (Lipinski definition) is 1. The molecule has 0 saturated heterocycles. The zero-order chi connectivity index (χ0) is 13.0. The lowest BCUT2D eigenvalue weighted by molar-refractivity contribution is 0.0473. The van der Waals surface area contributed by atoms with Gasteiger partial charge >= 0.3 is 5.97 Å². The van der Waals surface area contributed by atoms with E-state index >= 15 is 0 Å². The van der Waals surface area contributed by atoms with E-state index in [1.54, 1.807) is 30.5 Å². The molecule has 0 unspecified atom stereocenters. The summed E-state index contributed by atoms with van der Waals surface area (Å²) in [6.07, 6.45) is 1.65. The Bertz CT molecular complexity index is 558. The lowest BCUT2D eigenvalue weighted by Crippen LogP contribution is -2.15. The largest absolute Gasteiger partial charge is 0.454 e. The molecule has 0 aliphatic carbocycles. The number of esters is 1. The number of hydrogen-bond acceptors (Lipinski definition) is 3. The summed E-state index contributed by atoms with van der Waals surface area (Å²) in [6, 6.07) is 10.5. The van der Waals surface area contributed by atoms with Crippen molar-refractivity contribution >= 4 is 11.8 Å². The number of carbonyl (C=O) groups excluding carboxylic acids is 2. The van der Waals surface area contributed by atoms with E-state index in [0.29, 0.717) is 11.3 Å². The second-order valence-corrected chi connectivity index (χ2v) is 3.90. The Hall–Kier alpha value is -2.36. The number of aryl methyl sites for hydroxylation is 1. The number of carbonyl (C=O) groups is 2. The van der Waals surface area contributed by atoms with E-state index in [1.165, 1.54) is 0 Å². The average molecular weight is 243 g/mol. The van der Waals surface area contributed by atoms with Crippen molar-refractivity contribution in [2.45, 2.75) is 6.92 Å². The number of aromatic nitrogens is 1. The van der Waals surface area contributed by atoms with Gasteiger partial charge in [0.25, 0.3) is 0 Å². The van der Waals surface area contributed by atoms with Crippen LogP contribution in [0.1, 0.15) is 26.4 Å². The Morgan fingerprint density at radius 1 is 1.17 bits per heavy atom. The summed E-state index contributed by atoms with van der Waals surface area (Å²) in [5.74, 6) is -0.727. The van der Waals surface area contributed by atoms with E-state index < -0.39 is 5.97 Å². The molecule has 18 heavy (non-hydrogen) atoms. The van der Waals surface area contributed by atoms with Gasteiger partial charge in [-0.25, -0.2) is 4.79 Å². The summed E-state index contributed by atoms with van der Waals surface area (Å²) < 4.78 is 4.99. The number of H-pyrrole nitrogens is 1. The molecule has 0 amide bonds. The fourth-order valence-corrected chi connectivity index (χ4v) is 1.59. The van der Waals surface area contributed by atoms with E-state index in [4.69, 9.17) is 4.74 Å². The second kappa shape index (κ2) is 5.31. The molecule has 1 aromatic heterocycles. The third-order valence-corrected chi connectivity index (χ3v) is 2.60. The van der Waals surface area contributed by atoms with Gasteiger partial charge in [-0.05, 0) is 30.7 Å². The Balaban J connectivity index is 1.97. The Morgan fingerprint density at radius 2 is 1.94 bits per heavy atom. The molecule has 2 aromatic rings. The highest BCUT2D eigenvalue weighted by molar-refractivity contribution is 5.98. The molecule has 4 nitrogen and oxygen atoms in total. The topological polar surface area (TPSA) is 59.2 Å². The van der Waals surface area contributed by atoms with E-state index in [1.807, 2.05) is 19.1 Å². The summed E-state index contributed by atoms with van der Waals surface area (Å²) in [5.41, 5.74) is 1.75. The number of ether oxygens (including phenoxy) is 1. The lowest BCUT2D eigenvalue weighted by atomic mass is 10.1. The van der Waals surface area contributed by atoms with Crippen molar-refractivity contribution in [2.24, 2.45) is 0 Å². The van der Waals surface area contributed by atoms with Crippen LogP contribution in [0.25, 0.3) is 0 Å². The van der Waals surface area contributed by atoms with Gasteiger partial charge in [0.15, 0.2) is 6.61 Å². The van der Waals surface area contributed by atoms with Crippen LogP contribution in [0.3, 0.4) is 0 Å². The highest BCUT2D eigenvalue weighted by Gasteiger charge is 2.13. The van der Waals surface area contributed by atoms with Crippen molar-refractivity contribution in [3.8, 4) is 0 Å². The van der Waals surface area contributed by atoms with Crippen molar-refractivity contribution in [1.29, 1.82) is 0 Å². The first-order chi connectivity index (χ1) is 8.68. The van der Waals surface area contributed by atoms with Crippen LogP contribution in [-0.2, 0) is 4.74 Å². The molecule has 0 atom stereocenters. The SMILES string of the molecule is Cc1ccccc1C(=O)OCC(=O)c1ccc[nH]1. The van der Waals surface area contributed by atoms with Gasteiger partial charge in [-0.1, -0.05) is 18.2 Å². The number of aromatic amines is 1. The quantitative estimate of drug-likeness (QED) is 0.662. The summed E-state index contributed by atoms with van der Waals surface area (Å²) in [6.45, 7) is 1.57. The maximum absolute atomic E-state index is 11.8. The van der Waals surface area contributed by atoms with Gasteiger partial charge < -0.3 is 9.72 Å². The van der Waals surface area contributed by atoms with Gasteiger partial charge in [0, 0.05) is 6.20 Å². The van der Waals surface area contributed by atoms with Gasteiger partial charge in [-0.2, -0.15) is 0 Å². The van der Waals surface area contributed by atoms with Crippen LogP contribution >= 0.6 is 0 Å². The summed E-state index contributed by atoms with van der Waals surface area (Å²) in [5, 5.41) is 0. The fraction of sp³-hybridized carbons (Fsp3) is 0.143. The molecule has 0 spiro atoms. The zero-order valence-electron chi connectivity index (χ0n) is 9.97. The van der Waals surface area contributed by atoms with Gasteiger partial charge in [0.1, 0.15) is 0 Å². The summed E-state index contributed by atoms with van der Waals surface area (Å²) in [7, 11) is 0. The molecular weight excluding hydrogens is 230 g/mol. The van der Waals surface area contributed by atoms with Gasteiger partial charge in [0.2, 0.25) is 5.78 Å². The van der Waals surface area contributed by atoms with Crippen LogP contribution < -0.4 is 0 Å². The van der Waals surface area contributed by atoms with Crippen molar-refractivity contribution in [2.75, 3.05) is 6.61 Å². The molecule has 0 aliphatic rings. The zero-order valence-corrected chi connectivity index (χ0v) is 9.97. The van der Waals surface area contributed by atoms with Crippen LogP contribution in [0.2, 0.25) is 0 Å². The molecule has 1 heterocycles. The van der Waals surface area contributed by atoms with Gasteiger partial charge in [-0.3, -0.25) is 4.79 Å². The minimum absolute atomic E-state index is 0.248. The van der Waals surface area contributed by atoms with E-state index in [-0.39, 0.29) is 12.4 Å². The molecule has 0 fully saturated rings. The number of ketones is 1. The standard InChI is InChI=1S/C14H13NO3/c1-10-5-2-3-6-11(10)14(17)18-9-13(16)12-7-4-8-15-12/h2-8,15H,9H2,1H3. The number of benzene rings is 1. The minimum Gasteiger partial charge on any atom is -0.454 e. The monoisotopic (exact) mass is 243 g/mol. The highest BCUT2D eigenvalue weighted by atomic mass is 16.5. The number of Topliss-reactive ketones (excluding diaryl/α,β-unsaturated/α-hetero) is 1. The van der Waals surface area contributed by atoms with E-state index in [2.05, 4.69) is 4.98 Å². The molecule has 0 aliphatic heterocycles. The summed E-state index contributed by atoms with van der Waals surface area (Å²) in [4.78, 5) is 26.1. The molecule has 0 bridgehead atoms. The molecular formula is C14H13NO3. The molecule has 1 aromatic carbocycles. The maximum atomic E-state index is 11.8. The molecule has 4 heteroatoms. The van der Waals surface area contributed by atoms with Crippen LogP contribution in [0, 0.1) is 6.92 Å². The first-order valence-corrected chi connectivity index (χ1v) is 5.58. The Kier molecular flexibility index (Phi) is 3.57. The predicted molar refractivity (Wildman–Crippen MR) is 66.6 cm³/mol. The molecule has 0 radical (unpaired) electrons. The second-order valence-electron chi connectivity index (χ2n) is 3.90. The van der Waals surface area contributed by atoms with Crippen LogP contribution in [-0.4, -0.2) is 23.3 Å². The predicted octanol–water partition coefficient (Wildman–Crippen LogP) is 2.36. The van der Waals surface area contributed by atoms with Gasteiger partial charge in [0.05, 0.1) is 11.3 Å². The maximum Gasteiger partial charge on any atom is 0.338 e. The first kappa shape index (κ1) is 12.1. The normalized spacial score (nSPS) is 10.1. The molecule has 0 saturated carbocycles. The van der Waals surface area contributed by atoms with Crippen molar-refractivity contribution in [3.63, 3.8) is 0 Å². The highest BCUT2D eigenvalue weighted by Crippen LogP contribution is 2.08. The van der Waals surface area contributed by atoms with Crippen LogP contribution in [0.4, 0.5) is 0 Å². The molecule has 1 N–H and O–H groups in total. The van der Waals surface area contributed by atoms with Crippen LogP contribution in [0.15, 0.2) is 42.6 Å². The van der Waals surface area contributed by atoms with Crippen LogP contribution in [0.5, 0.6) is 0 Å².